The van der Waals surface area contributed by atoms with E-state index in [-0.39, 0.29) is 18.2 Å². The van der Waals surface area contributed by atoms with Crippen molar-refractivity contribution in [2.75, 3.05) is 18.8 Å². The van der Waals surface area contributed by atoms with E-state index in [0.29, 0.717) is 23.7 Å². The number of hydrogen-bond acceptors (Lipinski definition) is 4. The minimum atomic E-state index is -0.478. The molecule has 7 heteroatoms. The first-order chi connectivity index (χ1) is 16.6. The van der Waals surface area contributed by atoms with Gasteiger partial charge in [0.05, 0.1) is 23.0 Å². The molecule has 174 valence electrons. The third kappa shape index (κ3) is 6.27. The molecule has 0 aromatic heterocycles. The third-order valence-electron chi connectivity index (χ3n) is 5.57. The Balaban J connectivity index is 1.46. The molecule has 0 bridgehead atoms. The largest absolute Gasteiger partial charge is 0.345 e. The van der Waals surface area contributed by atoms with Gasteiger partial charge in [-0.15, -0.1) is 0 Å². The van der Waals surface area contributed by atoms with Crippen LogP contribution in [0, 0.1) is 0 Å². The Morgan fingerprint density at radius 1 is 0.971 bits per heavy atom. The molecule has 1 fully saturated rings. The van der Waals surface area contributed by atoms with E-state index < -0.39 is 6.04 Å². The standard InChI is InChI=1S/C27H26ClN3O2S/c28-23-14-8-7-13-22(23)26(33)30-24(21-11-5-2-6-12-21)19-25(32)31-17-18-34-27(31)29-16-15-20-9-3-1-4-10-20/h1-14,24H,15-19H2,(H,30,33)/t24-/m1/s1. The van der Waals surface area contributed by atoms with Gasteiger partial charge >= 0.3 is 0 Å². The van der Waals surface area contributed by atoms with E-state index in [0.717, 1.165) is 22.9 Å². The summed E-state index contributed by atoms with van der Waals surface area (Å²) in [5.41, 5.74) is 2.47. The molecule has 1 atom stereocenters. The second-order valence-corrected chi connectivity index (χ2v) is 9.38. The number of nitrogens with zero attached hydrogens (tertiary/aromatic N) is 2. The van der Waals surface area contributed by atoms with Gasteiger partial charge in [-0.05, 0) is 29.7 Å². The van der Waals surface area contributed by atoms with Crippen LogP contribution < -0.4 is 5.32 Å². The molecule has 34 heavy (non-hydrogen) atoms. The average Bonchev–Trinajstić information content (AvgIpc) is 3.34. The summed E-state index contributed by atoms with van der Waals surface area (Å²) < 4.78 is 0. The van der Waals surface area contributed by atoms with Gasteiger partial charge in [0.2, 0.25) is 5.91 Å². The van der Waals surface area contributed by atoms with Crippen LogP contribution in [0.5, 0.6) is 0 Å². The van der Waals surface area contributed by atoms with Gasteiger partial charge in [-0.2, -0.15) is 0 Å². The number of nitrogens with one attached hydrogen (secondary N) is 1. The van der Waals surface area contributed by atoms with Crippen molar-refractivity contribution in [1.29, 1.82) is 0 Å². The maximum Gasteiger partial charge on any atom is 0.253 e. The van der Waals surface area contributed by atoms with Crippen molar-refractivity contribution < 1.29 is 9.59 Å². The zero-order chi connectivity index (χ0) is 23.8. The van der Waals surface area contributed by atoms with Crippen LogP contribution >= 0.6 is 23.4 Å². The molecule has 1 N–H and O–H groups in total. The number of amides is 2. The highest BCUT2D eigenvalue weighted by molar-refractivity contribution is 8.14. The van der Waals surface area contributed by atoms with Crippen LogP contribution in [-0.2, 0) is 11.2 Å². The second-order valence-electron chi connectivity index (χ2n) is 7.91. The number of thioether (sulfide) groups is 1. The van der Waals surface area contributed by atoms with Crippen molar-refractivity contribution in [2.24, 2.45) is 4.99 Å². The molecule has 4 rings (SSSR count). The quantitative estimate of drug-likeness (QED) is 0.460. The van der Waals surface area contributed by atoms with E-state index in [9.17, 15) is 9.59 Å². The summed E-state index contributed by atoms with van der Waals surface area (Å²) in [6.45, 7) is 1.25. The Morgan fingerprint density at radius 3 is 2.38 bits per heavy atom. The summed E-state index contributed by atoms with van der Waals surface area (Å²) in [5.74, 6) is 0.453. The first kappa shape index (κ1) is 24.0. The van der Waals surface area contributed by atoms with E-state index in [1.807, 2.05) is 48.5 Å². The van der Waals surface area contributed by atoms with Crippen LogP contribution in [0.2, 0.25) is 5.02 Å². The van der Waals surface area contributed by atoms with E-state index in [4.69, 9.17) is 16.6 Å². The highest BCUT2D eigenvalue weighted by Gasteiger charge is 2.29. The highest BCUT2D eigenvalue weighted by Crippen LogP contribution is 2.24. The molecule has 0 unspecified atom stereocenters. The lowest BCUT2D eigenvalue weighted by atomic mass is 10.0. The van der Waals surface area contributed by atoms with Gasteiger partial charge < -0.3 is 5.32 Å². The maximum absolute atomic E-state index is 13.3. The number of aliphatic imine (C=N–C) groups is 1. The van der Waals surface area contributed by atoms with Gasteiger partial charge in [0, 0.05) is 18.8 Å². The normalized spacial score (nSPS) is 15.3. The highest BCUT2D eigenvalue weighted by atomic mass is 35.5. The Bertz CT molecular complexity index is 1150. The Morgan fingerprint density at radius 2 is 1.65 bits per heavy atom. The van der Waals surface area contributed by atoms with E-state index in [1.54, 1.807) is 40.9 Å². The lowest BCUT2D eigenvalue weighted by Gasteiger charge is -2.23. The van der Waals surface area contributed by atoms with Crippen molar-refractivity contribution in [3.8, 4) is 0 Å². The number of amidine groups is 1. The summed E-state index contributed by atoms with van der Waals surface area (Å²) in [6.07, 6.45) is 0.964. The van der Waals surface area contributed by atoms with Crippen molar-refractivity contribution >= 4 is 40.3 Å². The van der Waals surface area contributed by atoms with Crippen molar-refractivity contribution in [3.63, 3.8) is 0 Å². The van der Waals surface area contributed by atoms with Gasteiger partial charge in [0.25, 0.3) is 5.91 Å². The molecule has 3 aromatic carbocycles. The number of carbonyl (C=O) groups is 2. The smallest absolute Gasteiger partial charge is 0.253 e. The number of rotatable bonds is 8. The first-order valence-electron chi connectivity index (χ1n) is 11.2. The molecule has 3 aromatic rings. The summed E-state index contributed by atoms with van der Waals surface area (Å²) in [4.78, 5) is 32.7. The van der Waals surface area contributed by atoms with E-state index >= 15 is 0 Å². The molecular weight excluding hydrogens is 466 g/mol. The molecular formula is C27H26ClN3O2S. The summed E-state index contributed by atoms with van der Waals surface area (Å²) in [7, 11) is 0. The fourth-order valence-electron chi connectivity index (χ4n) is 3.79. The molecule has 5 nitrogen and oxygen atoms in total. The third-order valence-corrected chi connectivity index (χ3v) is 6.90. The summed E-state index contributed by atoms with van der Waals surface area (Å²) >= 11 is 7.82. The number of hydrogen-bond donors (Lipinski definition) is 1. The second kappa shape index (κ2) is 11.9. The minimum Gasteiger partial charge on any atom is -0.345 e. The molecule has 0 aliphatic carbocycles. The predicted octanol–water partition coefficient (Wildman–Crippen LogP) is 5.38. The molecule has 0 spiro atoms. The monoisotopic (exact) mass is 491 g/mol. The molecule has 0 radical (unpaired) electrons. The van der Waals surface area contributed by atoms with Crippen LogP contribution in [-0.4, -0.2) is 40.7 Å². The summed E-state index contributed by atoms with van der Waals surface area (Å²) in [6, 6.07) is 26.2. The Hall–Kier alpha value is -3.09. The average molecular weight is 492 g/mol. The van der Waals surface area contributed by atoms with Gasteiger partial charge in [0.1, 0.15) is 0 Å². The topological polar surface area (TPSA) is 61.8 Å². The summed E-state index contributed by atoms with van der Waals surface area (Å²) in [5, 5.41) is 4.14. The molecule has 1 aliphatic heterocycles. The Labute approximate surface area is 209 Å². The molecule has 2 amide bonds. The molecule has 1 aliphatic rings. The van der Waals surface area contributed by atoms with Gasteiger partial charge in [-0.25, -0.2) is 0 Å². The minimum absolute atomic E-state index is 0.0585. The van der Waals surface area contributed by atoms with Crippen LogP contribution in [0.15, 0.2) is 89.9 Å². The molecule has 1 heterocycles. The lowest BCUT2D eigenvalue weighted by Crippen LogP contribution is -2.37. The Kier molecular flexibility index (Phi) is 8.39. The fourth-order valence-corrected chi connectivity index (χ4v) is 5.00. The van der Waals surface area contributed by atoms with Crippen molar-refractivity contribution in [3.05, 3.63) is 107 Å². The van der Waals surface area contributed by atoms with Crippen molar-refractivity contribution in [2.45, 2.75) is 18.9 Å². The van der Waals surface area contributed by atoms with Gasteiger partial charge in [0.15, 0.2) is 5.17 Å². The lowest BCUT2D eigenvalue weighted by molar-refractivity contribution is -0.127. The first-order valence-corrected chi connectivity index (χ1v) is 12.6. The SMILES string of the molecule is O=C(N[C@H](CC(=O)N1CCSC1=NCCc1ccccc1)c1ccccc1)c1ccccc1Cl. The van der Waals surface area contributed by atoms with Crippen LogP contribution in [0.25, 0.3) is 0 Å². The fraction of sp³-hybridized carbons (Fsp3) is 0.222. The molecule has 1 saturated heterocycles. The van der Waals surface area contributed by atoms with Crippen molar-refractivity contribution in [1.82, 2.24) is 10.2 Å². The van der Waals surface area contributed by atoms with E-state index in [1.165, 1.54) is 5.56 Å². The van der Waals surface area contributed by atoms with E-state index in [2.05, 4.69) is 17.4 Å². The van der Waals surface area contributed by atoms with Crippen LogP contribution in [0.3, 0.4) is 0 Å². The number of carbonyl (C=O) groups excluding carboxylic acids is 2. The van der Waals surface area contributed by atoms with Crippen LogP contribution in [0.4, 0.5) is 0 Å². The molecule has 0 saturated carbocycles. The van der Waals surface area contributed by atoms with Gasteiger partial charge in [-0.3, -0.25) is 19.5 Å². The number of halogens is 1. The van der Waals surface area contributed by atoms with Gasteiger partial charge in [-0.1, -0.05) is 96.2 Å². The number of benzene rings is 3. The zero-order valence-electron chi connectivity index (χ0n) is 18.7. The predicted molar refractivity (Wildman–Crippen MR) is 139 cm³/mol. The maximum atomic E-state index is 13.3. The van der Waals surface area contributed by atoms with Crippen LogP contribution in [0.1, 0.15) is 33.9 Å². The zero-order valence-corrected chi connectivity index (χ0v) is 20.3.